The molecule has 0 aliphatic rings. The highest BCUT2D eigenvalue weighted by atomic mass is 35.5. The highest BCUT2D eigenvalue weighted by molar-refractivity contribution is 6.31. The molecule has 0 atom stereocenters. The number of amides is 1. The Morgan fingerprint density at radius 3 is 2.22 bits per heavy atom. The summed E-state index contributed by atoms with van der Waals surface area (Å²) in [5.41, 5.74) is 5.23. The molecule has 1 amide bonds. The fourth-order valence-corrected chi connectivity index (χ4v) is 2.79. The van der Waals surface area contributed by atoms with Gasteiger partial charge in [-0.2, -0.15) is 0 Å². The summed E-state index contributed by atoms with van der Waals surface area (Å²) >= 11 is 6.15. The number of benzene rings is 2. The highest BCUT2D eigenvalue weighted by Gasteiger charge is 2.20. The molecule has 5 nitrogen and oxygen atoms in total. The van der Waals surface area contributed by atoms with Crippen LogP contribution in [0.1, 0.15) is 41.0 Å². The minimum atomic E-state index is -0.391. The van der Waals surface area contributed by atoms with E-state index in [0.29, 0.717) is 21.7 Å². The number of nitrogens with one attached hydrogen (secondary N) is 1. The van der Waals surface area contributed by atoms with E-state index < -0.39 is 5.91 Å². The highest BCUT2D eigenvalue weighted by Crippen LogP contribution is 2.25. The van der Waals surface area contributed by atoms with Crippen molar-refractivity contribution in [3.8, 4) is 5.88 Å². The largest absolute Gasteiger partial charge is 0.473 e. The van der Waals surface area contributed by atoms with Crippen LogP contribution in [0.2, 0.25) is 5.02 Å². The smallest absolute Gasteiger partial charge is 0.279 e. The van der Waals surface area contributed by atoms with E-state index in [2.05, 4.69) is 15.3 Å². The number of ether oxygens (including phenoxy) is 1. The number of rotatable bonds is 4. The van der Waals surface area contributed by atoms with E-state index in [1.807, 2.05) is 52.8 Å². The van der Waals surface area contributed by atoms with Gasteiger partial charge in [-0.25, -0.2) is 9.97 Å². The molecule has 0 saturated heterocycles. The van der Waals surface area contributed by atoms with Crippen LogP contribution in [-0.2, 0) is 0 Å². The molecule has 0 fully saturated rings. The summed E-state index contributed by atoms with van der Waals surface area (Å²) < 4.78 is 5.76. The van der Waals surface area contributed by atoms with Gasteiger partial charge in [-0.15, -0.1) is 0 Å². The molecule has 1 N–H and O–H groups in total. The Morgan fingerprint density at radius 1 is 1.00 bits per heavy atom. The van der Waals surface area contributed by atoms with E-state index in [0.717, 1.165) is 16.7 Å². The number of nitrogens with zero attached hydrogens (tertiary/aromatic N) is 2. The van der Waals surface area contributed by atoms with Crippen molar-refractivity contribution in [2.75, 3.05) is 5.32 Å². The summed E-state index contributed by atoms with van der Waals surface area (Å²) in [5, 5.41) is 3.41. The molecule has 0 saturated carbocycles. The van der Waals surface area contributed by atoms with Gasteiger partial charge in [-0.05, 0) is 75.6 Å². The first-order valence-corrected chi connectivity index (χ1v) is 9.15. The van der Waals surface area contributed by atoms with Crippen molar-refractivity contribution in [3.05, 3.63) is 57.7 Å². The average Bonchev–Trinajstić information content (AvgIpc) is 2.58. The Labute approximate surface area is 163 Å². The predicted octanol–water partition coefficient (Wildman–Crippen LogP) is 5.25. The summed E-state index contributed by atoms with van der Waals surface area (Å²) in [4.78, 5) is 21.9. The quantitative estimate of drug-likeness (QED) is 0.668. The number of hydrogen-bond donors (Lipinski definition) is 1. The third-order valence-electron chi connectivity index (χ3n) is 4.24. The Bertz CT molecular complexity index is 1030. The summed E-state index contributed by atoms with van der Waals surface area (Å²) in [6, 6.07) is 9.23. The Morgan fingerprint density at radius 2 is 1.63 bits per heavy atom. The van der Waals surface area contributed by atoms with Crippen LogP contribution in [-0.4, -0.2) is 22.0 Å². The lowest BCUT2D eigenvalue weighted by atomic mass is 10.1. The van der Waals surface area contributed by atoms with Crippen LogP contribution < -0.4 is 10.1 Å². The van der Waals surface area contributed by atoms with Crippen molar-refractivity contribution in [2.45, 2.75) is 40.7 Å². The van der Waals surface area contributed by atoms with Gasteiger partial charge in [0.1, 0.15) is 0 Å². The topological polar surface area (TPSA) is 64.1 Å². The van der Waals surface area contributed by atoms with E-state index in [1.54, 1.807) is 12.1 Å². The van der Waals surface area contributed by atoms with Crippen molar-refractivity contribution in [2.24, 2.45) is 0 Å². The lowest BCUT2D eigenvalue weighted by Crippen LogP contribution is -2.18. The Balaban J connectivity index is 2.05. The number of anilines is 1. The van der Waals surface area contributed by atoms with Gasteiger partial charge in [0.15, 0.2) is 5.69 Å². The zero-order chi connectivity index (χ0) is 19.7. The molecular weight excluding hydrogens is 362 g/mol. The second-order valence-electron chi connectivity index (χ2n) is 6.89. The van der Waals surface area contributed by atoms with Crippen LogP contribution in [0.3, 0.4) is 0 Å². The molecule has 3 aromatic rings. The molecule has 0 aliphatic heterocycles. The third-order valence-corrected chi connectivity index (χ3v) is 4.65. The van der Waals surface area contributed by atoms with Crippen molar-refractivity contribution < 1.29 is 9.53 Å². The molecule has 1 heterocycles. The second-order valence-corrected chi connectivity index (χ2v) is 7.29. The molecule has 27 heavy (non-hydrogen) atoms. The normalized spacial score (nSPS) is 11.1. The minimum Gasteiger partial charge on any atom is -0.473 e. The van der Waals surface area contributed by atoms with E-state index in [1.165, 1.54) is 0 Å². The van der Waals surface area contributed by atoms with Crippen molar-refractivity contribution >= 4 is 34.2 Å². The van der Waals surface area contributed by atoms with Crippen LogP contribution in [0.4, 0.5) is 5.69 Å². The number of hydrogen-bond acceptors (Lipinski definition) is 4. The molecular formula is C21H22ClN3O2. The number of carbonyl (C=O) groups is 1. The molecule has 1 aromatic heterocycles. The van der Waals surface area contributed by atoms with Crippen LogP contribution >= 0.6 is 11.6 Å². The Kier molecular flexibility index (Phi) is 5.33. The van der Waals surface area contributed by atoms with Gasteiger partial charge >= 0.3 is 0 Å². The van der Waals surface area contributed by atoms with Gasteiger partial charge in [0.05, 0.1) is 17.1 Å². The van der Waals surface area contributed by atoms with Crippen LogP contribution in [0, 0.1) is 20.8 Å². The van der Waals surface area contributed by atoms with Gasteiger partial charge in [0, 0.05) is 10.7 Å². The zero-order valence-electron chi connectivity index (χ0n) is 16.1. The van der Waals surface area contributed by atoms with Gasteiger partial charge in [-0.3, -0.25) is 4.79 Å². The van der Waals surface area contributed by atoms with E-state index in [9.17, 15) is 4.79 Å². The monoisotopic (exact) mass is 383 g/mol. The summed E-state index contributed by atoms with van der Waals surface area (Å²) in [5.74, 6) is -0.172. The van der Waals surface area contributed by atoms with Crippen molar-refractivity contribution in [1.29, 1.82) is 0 Å². The average molecular weight is 384 g/mol. The third kappa shape index (κ3) is 4.19. The minimum absolute atomic E-state index is 0.135. The first kappa shape index (κ1) is 19.1. The number of carbonyl (C=O) groups excluding carboxylic acids is 1. The summed E-state index contributed by atoms with van der Waals surface area (Å²) in [6.07, 6.45) is -0.135. The van der Waals surface area contributed by atoms with Crippen molar-refractivity contribution in [3.63, 3.8) is 0 Å². The van der Waals surface area contributed by atoms with E-state index in [-0.39, 0.29) is 17.7 Å². The maximum atomic E-state index is 12.9. The number of aryl methyl sites for hydroxylation is 3. The lowest BCUT2D eigenvalue weighted by Gasteiger charge is -2.14. The SMILES string of the molecule is Cc1cc2nc(OC(C)C)c(C(=O)Nc3ccc(C)c(Cl)c3)nc2cc1C. The molecule has 140 valence electrons. The van der Waals surface area contributed by atoms with Gasteiger partial charge in [0.25, 0.3) is 5.91 Å². The molecule has 0 radical (unpaired) electrons. The molecule has 0 bridgehead atoms. The lowest BCUT2D eigenvalue weighted by molar-refractivity contribution is 0.101. The van der Waals surface area contributed by atoms with E-state index in [4.69, 9.17) is 16.3 Å². The Hall–Kier alpha value is -2.66. The molecule has 0 spiro atoms. The predicted molar refractivity (Wildman–Crippen MR) is 109 cm³/mol. The standard InChI is InChI=1S/C21H22ClN3O2/c1-11(2)27-21-19(20(26)23-15-7-6-12(3)16(22)10-15)24-17-8-13(4)14(5)9-18(17)25-21/h6-11H,1-5H3,(H,23,26). The van der Waals surface area contributed by atoms with E-state index >= 15 is 0 Å². The maximum absolute atomic E-state index is 12.9. The molecule has 3 rings (SSSR count). The fourth-order valence-electron chi connectivity index (χ4n) is 2.61. The number of fused-ring (bicyclic) bond motifs is 1. The van der Waals surface area contributed by atoms with Gasteiger partial charge < -0.3 is 10.1 Å². The molecule has 6 heteroatoms. The van der Waals surface area contributed by atoms with Gasteiger partial charge in [-0.1, -0.05) is 17.7 Å². The van der Waals surface area contributed by atoms with Crippen LogP contribution in [0.5, 0.6) is 5.88 Å². The zero-order valence-corrected chi connectivity index (χ0v) is 16.8. The first-order chi connectivity index (χ1) is 12.7. The van der Waals surface area contributed by atoms with Crippen LogP contribution in [0.15, 0.2) is 30.3 Å². The first-order valence-electron chi connectivity index (χ1n) is 8.77. The molecule has 0 aliphatic carbocycles. The molecule has 2 aromatic carbocycles. The van der Waals surface area contributed by atoms with Crippen LogP contribution in [0.25, 0.3) is 11.0 Å². The number of halogens is 1. The fraction of sp³-hybridized carbons (Fsp3) is 0.286. The summed E-state index contributed by atoms with van der Waals surface area (Å²) in [7, 11) is 0. The van der Waals surface area contributed by atoms with Crippen molar-refractivity contribution in [1.82, 2.24) is 9.97 Å². The molecule has 0 unspecified atom stereocenters. The number of aromatic nitrogens is 2. The maximum Gasteiger partial charge on any atom is 0.279 e. The summed E-state index contributed by atoms with van der Waals surface area (Å²) in [6.45, 7) is 9.69. The van der Waals surface area contributed by atoms with Gasteiger partial charge in [0.2, 0.25) is 5.88 Å². The second kappa shape index (κ2) is 7.53.